The van der Waals surface area contributed by atoms with Crippen LogP contribution in [0.5, 0.6) is 0 Å². The van der Waals surface area contributed by atoms with E-state index in [1.54, 1.807) is 0 Å². The van der Waals surface area contributed by atoms with Gasteiger partial charge in [0.1, 0.15) is 25.3 Å². The molecule has 4 rings (SSSR count). The number of hydrogen-bond donors (Lipinski definition) is 1. The van der Waals surface area contributed by atoms with Crippen LogP contribution in [0.15, 0.2) is 60.7 Å². The molecule has 2 aromatic carbocycles. The zero-order chi connectivity index (χ0) is 25.0. The summed E-state index contributed by atoms with van der Waals surface area (Å²) in [7, 11) is 0. The van der Waals surface area contributed by atoms with Crippen molar-refractivity contribution < 1.29 is 23.9 Å². The average Bonchev–Trinajstić information content (AvgIpc) is 3.58. The Morgan fingerprint density at radius 1 is 0.833 bits per heavy atom. The highest BCUT2D eigenvalue weighted by molar-refractivity contribution is 5.84. The minimum absolute atomic E-state index is 0. The molecule has 2 aliphatic heterocycles. The molecule has 9 heteroatoms. The summed E-state index contributed by atoms with van der Waals surface area (Å²) in [5.74, 6) is -0.468. The minimum Gasteiger partial charge on any atom is -0.445 e. The van der Waals surface area contributed by atoms with Gasteiger partial charge in [0, 0.05) is 13.1 Å². The van der Waals surface area contributed by atoms with Crippen LogP contribution in [0.2, 0.25) is 0 Å². The van der Waals surface area contributed by atoms with Crippen LogP contribution in [-0.2, 0) is 27.5 Å². The van der Waals surface area contributed by atoms with Crippen molar-refractivity contribution in [2.24, 2.45) is 5.73 Å². The Labute approximate surface area is 212 Å². The number of likely N-dealkylation sites (tertiary alicyclic amines) is 2. The van der Waals surface area contributed by atoms with Crippen molar-refractivity contribution in [1.29, 1.82) is 5.26 Å². The monoisotopic (exact) mass is 494 g/mol. The van der Waals surface area contributed by atoms with Gasteiger partial charge in [-0.2, -0.15) is 5.26 Å². The fraction of sp³-hybridized carbons (Fsp3) is 0.407. The zero-order valence-electron chi connectivity index (χ0n) is 19.5. The second-order valence-electron chi connectivity index (χ2n) is 8.31. The predicted molar refractivity (Wildman–Crippen MR) is 134 cm³/mol. The van der Waals surface area contributed by atoms with Crippen molar-refractivity contribution in [2.45, 2.75) is 58.4 Å². The van der Waals surface area contributed by atoms with Gasteiger partial charge >= 0.3 is 12.2 Å². The van der Waals surface area contributed by atoms with E-state index in [2.05, 4.69) is 6.07 Å². The molecule has 0 spiro atoms. The highest BCUT2D eigenvalue weighted by Crippen LogP contribution is 2.19. The van der Waals surface area contributed by atoms with Gasteiger partial charge in [-0.15, -0.1) is 0 Å². The van der Waals surface area contributed by atoms with Crippen LogP contribution in [-0.4, -0.2) is 53.1 Å². The maximum Gasteiger partial charge on any atom is 0.411 e. The zero-order valence-corrected chi connectivity index (χ0v) is 19.5. The maximum absolute atomic E-state index is 11.8. The van der Waals surface area contributed by atoms with Crippen LogP contribution in [0.3, 0.4) is 0 Å². The Hall–Kier alpha value is -4.06. The standard InChI is InChI=1S/C13H16N2O3.C13H14N2O2.CH4/c14-12(16)11-7-4-8-15(11)13(17)18-9-10-5-2-1-3-6-10;14-9-12-7-4-8-15(12)13(16)17-10-11-5-2-1-3-6-11;/h1-3,5-6,11H,4,7-9H2,(H2,14,16);1-3,5-6,12H,4,7-8,10H2;1H4/t11-;12-;/m00./s1. The summed E-state index contributed by atoms with van der Waals surface area (Å²) < 4.78 is 10.4. The summed E-state index contributed by atoms with van der Waals surface area (Å²) >= 11 is 0. The number of carbonyl (C=O) groups is 3. The first-order chi connectivity index (χ1) is 17.0. The lowest BCUT2D eigenvalue weighted by atomic mass is 10.2. The molecule has 0 unspecified atom stereocenters. The number of nitrogens with two attached hydrogens (primary N) is 1. The van der Waals surface area contributed by atoms with Crippen molar-refractivity contribution in [3.63, 3.8) is 0 Å². The Kier molecular flexibility index (Phi) is 11.2. The molecule has 0 saturated carbocycles. The molecule has 2 saturated heterocycles. The number of nitriles is 1. The average molecular weight is 495 g/mol. The third kappa shape index (κ3) is 8.01. The van der Waals surface area contributed by atoms with Crippen LogP contribution in [0.4, 0.5) is 9.59 Å². The van der Waals surface area contributed by atoms with Crippen molar-refractivity contribution in [2.75, 3.05) is 13.1 Å². The lowest BCUT2D eigenvalue weighted by Gasteiger charge is -2.21. The van der Waals surface area contributed by atoms with E-state index in [0.29, 0.717) is 19.5 Å². The lowest BCUT2D eigenvalue weighted by Crippen LogP contribution is -2.43. The molecule has 2 N–H and O–H groups in total. The summed E-state index contributed by atoms with van der Waals surface area (Å²) in [5.41, 5.74) is 7.11. The number of nitrogens with zero attached hydrogens (tertiary/aromatic N) is 3. The van der Waals surface area contributed by atoms with E-state index >= 15 is 0 Å². The van der Waals surface area contributed by atoms with E-state index in [0.717, 1.165) is 30.4 Å². The molecule has 9 nitrogen and oxygen atoms in total. The number of carbonyl (C=O) groups excluding carboxylic acids is 3. The van der Waals surface area contributed by atoms with Gasteiger partial charge in [-0.05, 0) is 36.8 Å². The van der Waals surface area contributed by atoms with E-state index in [-0.39, 0.29) is 26.7 Å². The maximum atomic E-state index is 11.8. The summed E-state index contributed by atoms with van der Waals surface area (Å²) in [6.07, 6.45) is 2.16. The molecular formula is C27H34N4O5. The number of primary amides is 1. The van der Waals surface area contributed by atoms with Crippen molar-refractivity contribution >= 4 is 18.1 Å². The van der Waals surface area contributed by atoms with Gasteiger partial charge in [-0.25, -0.2) is 9.59 Å². The number of rotatable bonds is 5. The van der Waals surface area contributed by atoms with Gasteiger partial charge in [0.05, 0.1) is 6.07 Å². The Morgan fingerprint density at radius 2 is 1.31 bits per heavy atom. The highest BCUT2D eigenvalue weighted by Gasteiger charge is 2.33. The van der Waals surface area contributed by atoms with Gasteiger partial charge in [0.15, 0.2) is 0 Å². The summed E-state index contributed by atoms with van der Waals surface area (Å²) in [5, 5.41) is 8.87. The van der Waals surface area contributed by atoms with E-state index in [1.807, 2.05) is 60.7 Å². The molecule has 2 fully saturated rings. The molecule has 2 aromatic rings. The number of benzene rings is 2. The van der Waals surface area contributed by atoms with Crippen molar-refractivity contribution in [1.82, 2.24) is 9.80 Å². The van der Waals surface area contributed by atoms with Gasteiger partial charge in [-0.3, -0.25) is 14.6 Å². The third-order valence-electron chi connectivity index (χ3n) is 5.86. The number of amides is 3. The van der Waals surface area contributed by atoms with E-state index < -0.39 is 24.1 Å². The molecule has 3 amide bonds. The lowest BCUT2D eigenvalue weighted by molar-refractivity contribution is -0.121. The van der Waals surface area contributed by atoms with E-state index in [4.69, 9.17) is 20.5 Å². The first kappa shape index (κ1) is 28.2. The number of ether oxygens (including phenoxy) is 2. The first-order valence-corrected chi connectivity index (χ1v) is 11.6. The fourth-order valence-corrected chi connectivity index (χ4v) is 4.00. The Morgan fingerprint density at radius 3 is 1.81 bits per heavy atom. The molecule has 2 aliphatic rings. The summed E-state index contributed by atoms with van der Waals surface area (Å²) in [4.78, 5) is 37.6. The van der Waals surface area contributed by atoms with Crippen LogP contribution >= 0.6 is 0 Å². The molecule has 2 atom stereocenters. The predicted octanol–water partition coefficient (Wildman–Crippen LogP) is 4.22. The largest absolute Gasteiger partial charge is 0.445 e. The Bertz CT molecular complexity index is 1030. The van der Waals surface area contributed by atoms with Gasteiger partial charge < -0.3 is 15.2 Å². The van der Waals surface area contributed by atoms with E-state index in [1.165, 1.54) is 9.80 Å². The molecule has 2 heterocycles. The van der Waals surface area contributed by atoms with Gasteiger partial charge in [-0.1, -0.05) is 68.1 Å². The SMILES string of the molecule is C.N#C[C@@H]1CCCN1C(=O)OCc1ccccc1.NC(=O)[C@@H]1CCCN1C(=O)OCc1ccccc1. The molecular weight excluding hydrogens is 460 g/mol. The molecule has 0 aromatic heterocycles. The second-order valence-corrected chi connectivity index (χ2v) is 8.31. The summed E-state index contributed by atoms with van der Waals surface area (Å²) in [6.45, 7) is 1.61. The summed E-state index contributed by atoms with van der Waals surface area (Å²) in [6, 6.07) is 20.2. The molecule has 0 aliphatic carbocycles. The molecule has 0 bridgehead atoms. The smallest absolute Gasteiger partial charge is 0.411 e. The minimum atomic E-state index is -0.520. The van der Waals surface area contributed by atoms with Gasteiger partial charge in [0.25, 0.3) is 0 Å². The van der Waals surface area contributed by atoms with Crippen molar-refractivity contribution in [3.05, 3.63) is 71.8 Å². The second kappa shape index (κ2) is 14.4. The Balaban J connectivity index is 0.000000247. The molecule has 192 valence electrons. The third-order valence-corrected chi connectivity index (χ3v) is 5.86. The quantitative estimate of drug-likeness (QED) is 0.663. The topological polar surface area (TPSA) is 126 Å². The fourth-order valence-electron chi connectivity index (χ4n) is 4.00. The van der Waals surface area contributed by atoms with Crippen LogP contribution in [0.1, 0.15) is 44.2 Å². The molecule has 0 radical (unpaired) electrons. The van der Waals surface area contributed by atoms with Gasteiger partial charge in [0.2, 0.25) is 5.91 Å². The van der Waals surface area contributed by atoms with Crippen molar-refractivity contribution in [3.8, 4) is 6.07 Å². The van der Waals surface area contributed by atoms with Crippen LogP contribution < -0.4 is 5.73 Å². The highest BCUT2D eigenvalue weighted by atomic mass is 16.6. The normalized spacial score (nSPS) is 18.2. The van der Waals surface area contributed by atoms with E-state index in [9.17, 15) is 14.4 Å². The number of hydrogen-bond acceptors (Lipinski definition) is 6. The van der Waals surface area contributed by atoms with Crippen LogP contribution in [0, 0.1) is 11.3 Å². The first-order valence-electron chi connectivity index (χ1n) is 11.6. The van der Waals surface area contributed by atoms with Crippen LogP contribution in [0.25, 0.3) is 0 Å². The molecule has 36 heavy (non-hydrogen) atoms.